The number of piperazine rings is 1. The van der Waals surface area contributed by atoms with Crippen molar-refractivity contribution in [2.75, 3.05) is 50.8 Å². The number of benzene rings is 2. The van der Waals surface area contributed by atoms with E-state index in [-0.39, 0.29) is 23.2 Å². The maximum absolute atomic E-state index is 14.0. The van der Waals surface area contributed by atoms with Crippen molar-refractivity contribution in [3.63, 3.8) is 0 Å². The molecule has 5 rings (SSSR count). The zero-order chi connectivity index (χ0) is 27.9. The van der Waals surface area contributed by atoms with E-state index in [0.29, 0.717) is 42.3 Å². The monoisotopic (exact) mass is 538 g/mol. The number of aliphatic hydroxyl groups excluding tert-OH is 1. The van der Waals surface area contributed by atoms with Crippen molar-refractivity contribution in [3.8, 4) is 0 Å². The molecule has 212 valence electrons. The Morgan fingerprint density at radius 3 is 2.46 bits per heavy atom. The molecular formula is C31H43FN4O3. The van der Waals surface area contributed by atoms with Gasteiger partial charge >= 0.3 is 0 Å². The Bertz CT molecular complexity index is 1160. The summed E-state index contributed by atoms with van der Waals surface area (Å²) in [5.74, 6) is -0.256. The van der Waals surface area contributed by atoms with Gasteiger partial charge in [-0.05, 0) is 55.7 Å². The van der Waals surface area contributed by atoms with E-state index in [9.17, 15) is 14.3 Å². The molecule has 5 atom stereocenters. The number of rotatable bonds is 6. The van der Waals surface area contributed by atoms with Gasteiger partial charge in [-0.3, -0.25) is 14.6 Å². The van der Waals surface area contributed by atoms with Crippen LogP contribution in [-0.2, 0) is 14.9 Å². The van der Waals surface area contributed by atoms with Crippen LogP contribution in [0.25, 0.3) is 0 Å². The third kappa shape index (κ3) is 5.91. The number of carbonyl (C=O) groups is 1. The lowest BCUT2D eigenvalue weighted by Gasteiger charge is -2.46. The first-order valence-corrected chi connectivity index (χ1v) is 14.2. The molecule has 0 aliphatic carbocycles. The van der Waals surface area contributed by atoms with E-state index in [1.54, 1.807) is 12.1 Å². The number of hydrogen-bond donors (Lipinski definition) is 2. The number of nitrogens with one attached hydrogen (secondary N) is 1. The fourth-order valence-corrected chi connectivity index (χ4v) is 6.44. The average Bonchev–Trinajstić information content (AvgIpc) is 3.17. The smallest absolute Gasteiger partial charge is 0.241 e. The Hall–Kier alpha value is -2.36. The molecule has 0 aromatic heterocycles. The quantitative estimate of drug-likeness (QED) is 0.589. The van der Waals surface area contributed by atoms with Gasteiger partial charge in [0.2, 0.25) is 5.91 Å². The van der Waals surface area contributed by atoms with E-state index in [2.05, 4.69) is 49.7 Å². The number of nitrogens with zero attached hydrogens (tertiary/aromatic N) is 3. The van der Waals surface area contributed by atoms with E-state index >= 15 is 0 Å². The molecule has 1 amide bonds. The molecule has 3 aliphatic rings. The van der Waals surface area contributed by atoms with Gasteiger partial charge in [0, 0.05) is 61.4 Å². The molecule has 2 aromatic carbocycles. The standard InChI is InChI=1S/C31H43FN4O3/c1-20-14-34(26(13-33-20)15-35-21(2)17-39-18-22(35)3)16-29(37)36-19-31(4,5)27-11-8-24(12-28(27)36)30(38)23-6-9-25(32)10-7-23/h6-12,20-22,26,30,33,38H,13-19H2,1-5H3/t20-,21-,22-,26-,30?/m1/s1. The van der Waals surface area contributed by atoms with E-state index in [4.69, 9.17) is 4.74 Å². The van der Waals surface area contributed by atoms with Gasteiger partial charge in [-0.15, -0.1) is 0 Å². The summed E-state index contributed by atoms with van der Waals surface area (Å²) in [7, 11) is 0. The molecule has 0 radical (unpaired) electrons. The van der Waals surface area contributed by atoms with Crippen LogP contribution >= 0.6 is 0 Å². The molecule has 2 N–H and O–H groups in total. The van der Waals surface area contributed by atoms with Crippen molar-refractivity contribution in [1.82, 2.24) is 15.1 Å². The van der Waals surface area contributed by atoms with E-state index < -0.39 is 6.10 Å². The maximum atomic E-state index is 14.0. The van der Waals surface area contributed by atoms with Gasteiger partial charge in [0.05, 0.1) is 19.8 Å². The molecule has 2 aromatic rings. The van der Waals surface area contributed by atoms with Gasteiger partial charge < -0.3 is 20.1 Å². The SMILES string of the molecule is C[C@@H]1CN(CC(=O)N2CC(C)(C)c3ccc(C(O)c4ccc(F)cc4)cc32)[C@@H](CN2[C@H](C)COC[C@H]2C)CN1. The predicted molar refractivity (Wildman–Crippen MR) is 152 cm³/mol. The number of morpholine rings is 1. The molecule has 8 heteroatoms. The van der Waals surface area contributed by atoms with E-state index in [0.717, 1.165) is 44.1 Å². The maximum Gasteiger partial charge on any atom is 0.241 e. The summed E-state index contributed by atoms with van der Waals surface area (Å²) >= 11 is 0. The van der Waals surface area contributed by atoms with Crippen LogP contribution in [-0.4, -0.2) is 90.9 Å². The van der Waals surface area contributed by atoms with Crippen LogP contribution in [0.4, 0.5) is 10.1 Å². The van der Waals surface area contributed by atoms with Crippen molar-refractivity contribution in [1.29, 1.82) is 0 Å². The summed E-state index contributed by atoms with van der Waals surface area (Å²) < 4.78 is 19.2. The highest BCUT2D eigenvalue weighted by Crippen LogP contribution is 2.42. The number of ether oxygens (including phenoxy) is 1. The van der Waals surface area contributed by atoms with Gasteiger partial charge in [-0.1, -0.05) is 38.1 Å². The normalized spacial score (nSPS) is 28.3. The zero-order valence-corrected chi connectivity index (χ0v) is 23.9. The fraction of sp³-hybridized carbons (Fsp3) is 0.581. The topological polar surface area (TPSA) is 68.3 Å². The Balaban J connectivity index is 1.36. The van der Waals surface area contributed by atoms with Gasteiger partial charge in [0.15, 0.2) is 0 Å². The van der Waals surface area contributed by atoms with Crippen LogP contribution in [0.15, 0.2) is 42.5 Å². The van der Waals surface area contributed by atoms with Gasteiger partial charge in [-0.25, -0.2) is 4.39 Å². The number of anilines is 1. The van der Waals surface area contributed by atoms with E-state index in [1.807, 2.05) is 23.1 Å². The first kappa shape index (κ1) is 28.2. The second kappa shape index (κ2) is 11.3. The number of hydrogen-bond acceptors (Lipinski definition) is 6. The molecular weight excluding hydrogens is 495 g/mol. The Morgan fingerprint density at radius 2 is 1.77 bits per heavy atom. The molecule has 0 saturated carbocycles. The first-order chi connectivity index (χ1) is 18.5. The highest BCUT2D eigenvalue weighted by Gasteiger charge is 2.40. The average molecular weight is 539 g/mol. The summed E-state index contributed by atoms with van der Waals surface area (Å²) in [5.41, 5.74) is 3.08. The van der Waals surface area contributed by atoms with Crippen molar-refractivity contribution in [2.24, 2.45) is 0 Å². The minimum atomic E-state index is -0.896. The van der Waals surface area contributed by atoms with Crippen LogP contribution in [0.3, 0.4) is 0 Å². The Morgan fingerprint density at radius 1 is 1.10 bits per heavy atom. The predicted octanol–water partition coefficient (Wildman–Crippen LogP) is 3.30. The third-order valence-electron chi connectivity index (χ3n) is 8.73. The van der Waals surface area contributed by atoms with Crippen molar-refractivity contribution >= 4 is 11.6 Å². The number of fused-ring (bicyclic) bond motifs is 1. The largest absolute Gasteiger partial charge is 0.384 e. The second-order valence-corrected chi connectivity index (χ2v) is 12.4. The van der Waals surface area contributed by atoms with Crippen molar-refractivity contribution in [3.05, 3.63) is 65.0 Å². The van der Waals surface area contributed by atoms with E-state index in [1.165, 1.54) is 12.1 Å². The molecule has 7 nitrogen and oxygen atoms in total. The highest BCUT2D eigenvalue weighted by molar-refractivity contribution is 5.97. The molecule has 1 unspecified atom stereocenters. The molecule has 39 heavy (non-hydrogen) atoms. The van der Waals surface area contributed by atoms with Crippen LogP contribution in [0.1, 0.15) is 57.4 Å². The second-order valence-electron chi connectivity index (χ2n) is 12.4. The van der Waals surface area contributed by atoms with Crippen LogP contribution in [0.5, 0.6) is 0 Å². The fourth-order valence-electron chi connectivity index (χ4n) is 6.44. The van der Waals surface area contributed by atoms with Gasteiger partial charge in [0.1, 0.15) is 11.9 Å². The van der Waals surface area contributed by atoms with Gasteiger partial charge in [-0.2, -0.15) is 0 Å². The van der Waals surface area contributed by atoms with Crippen molar-refractivity contribution < 1.29 is 19.0 Å². The molecule has 0 bridgehead atoms. The lowest BCUT2D eigenvalue weighted by atomic mass is 9.86. The number of aliphatic hydroxyl groups is 1. The highest BCUT2D eigenvalue weighted by atomic mass is 19.1. The Kier molecular flexibility index (Phi) is 8.13. The van der Waals surface area contributed by atoms with Gasteiger partial charge in [0.25, 0.3) is 0 Å². The zero-order valence-electron chi connectivity index (χ0n) is 23.9. The molecule has 3 heterocycles. The van der Waals surface area contributed by atoms with Crippen LogP contribution < -0.4 is 10.2 Å². The molecule has 2 saturated heterocycles. The number of halogens is 1. The third-order valence-corrected chi connectivity index (χ3v) is 8.73. The summed E-state index contributed by atoms with van der Waals surface area (Å²) in [6.45, 7) is 15.9. The minimum Gasteiger partial charge on any atom is -0.384 e. The molecule has 0 spiro atoms. The molecule has 3 aliphatic heterocycles. The minimum absolute atomic E-state index is 0.0809. The summed E-state index contributed by atoms with van der Waals surface area (Å²) in [6.07, 6.45) is -0.896. The van der Waals surface area contributed by atoms with Crippen LogP contribution in [0, 0.1) is 5.82 Å². The number of amides is 1. The van der Waals surface area contributed by atoms with Crippen molar-refractivity contribution in [2.45, 2.75) is 70.3 Å². The summed E-state index contributed by atoms with van der Waals surface area (Å²) in [4.78, 5) is 20.7. The van der Waals surface area contributed by atoms with Crippen LogP contribution in [0.2, 0.25) is 0 Å². The first-order valence-electron chi connectivity index (χ1n) is 14.2. The number of carbonyl (C=O) groups excluding carboxylic acids is 1. The lowest BCUT2D eigenvalue weighted by molar-refractivity contribution is -0.121. The summed E-state index contributed by atoms with van der Waals surface area (Å²) in [6, 6.07) is 13.0. The lowest BCUT2D eigenvalue weighted by Crippen LogP contribution is -2.63. The summed E-state index contributed by atoms with van der Waals surface area (Å²) in [5, 5.41) is 14.7. The Labute approximate surface area is 231 Å². The molecule has 2 fully saturated rings.